The predicted octanol–water partition coefficient (Wildman–Crippen LogP) is 4.67. The van der Waals surface area contributed by atoms with Crippen molar-refractivity contribution in [2.24, 2.45) is 10.8 Å². The summed E-state index contributed by atoms with van der Waals surface area (Å²) in [6.45, 7) is 0. The lowest BCUT2D eigenvalue weighted by Crippen LogP contribution is -2.15. The molecule has 2 atom stereocenters. The van der Waals surface area contributed by atoms with Gasteiger partial charge in [-0.05, 0) is 25.7 Å². The largest absolute Gasteiger partial charge is 0.123 e. The smallest absolute Gasteiger partial charge is 0.112 e. The monoisotopic (exact) mass is 296 g/mol. The highest BCUT2D eigenvalue weighted by Gasteiger charge is 2.87. The van der Waals surface area contributed by atoms with Gasteiger partial charge in [0, 0.05) is 16.2 Å². The summed E-state index contributed by atoms with van der Waals surface area (Å²) >= 11 is 16.7. The van der Waals surface area contributed by atoms with E-state index in [0.29, 0.717) is 16.2 Å². The van der Waals surface area contributed by atoms with Crippen molar-refractivity contribution in [2.45, 2.75) is 54.1 Å². The highest BCUT2D eigenvalue weighted by molar-refractivity contribution is 9.10. The van der Waals surface area contributed by atoms with E-state index >= 15 is 0 Å². The quantitative estimate of drug-likeness (QED) is 0.570. The molecular weight excluding hydrogens is 283 g/mol. The number of halogens is 3. The van der Waals surface area contributed by atoms with Crippen LogP contribution in [0.3, 0.4) is 0 Å². The second-order valence-electron chi connectivity index (χ2n) is 5.30. The molecule has 3 aliphatic rings. The van der Waals surface area contributed by atoms with E-state index in [2.05, 4.69) is 15.9 Å². The van der Waals surface area contributed by atoms with Crippen LogP contribution in [0.15, 0.2) is 0 Å². The fourth-order valence-corrected chi connectivity index (χ4v) is 6.81. The van der Waals surface area contributed by atoms with Crippen molar-refractivity contribution in [3.05, 3.63) is 0 Å². The van der Waals surface area contributed by atoms with Crippen molar-refractivity contribution in [3.8, 4) is 0 Å². The Labute approximate surface area is 104 Å². The van der Waals surface area contributed by atoms with Gasteiger partial charge in [-0.1, -0.05) is 35.2 Å². The van der Waals surface area contributed by atoms with E-state index in [0.717, 1.165) is 12.8 Å². The summed E-state index contributed by atoms with van der Waals surface area (Å²) in [6, 6.07) is 0. The first-order chi connectivity index (χ1) is 6.56. The Balaban J connectivity index is 2.00. The third-order valence-corrected chi connectivity index (χ3v) is 7.45. The Morgan fingerprint density at radius 3 is 2.00 bits per heavy atom. The predicted molar refractivity (Wildman–Crippen MR) is 64.3 cm³/mol. The summed E-state index contributed by atoms with van der Waals surface area (Å²) < 4.78 is -0.112. The second-order valence-corrected chi connectivity index (χ2v) is 8.14. The molecule has 0 amide bonds. The molecule has 0 spiro atoms. The summed E-state index contributed by atoms with van der Waals surface area (Å²) in [4.78, 5) is 0. The van der Waals surface area contributed by atoms with Crippen molar-refractivity contribution in [1.82, 2.24) is 0 Å². The van der Waals surface area contributed by atoms with Crippen molar-refractivity contribution in [2.75, 3.05) is 0 Å². The van der Waals surface area contributed by atoms with Crippen LogP contribution in [0.1, 0.15) is 44.9 Å². The van der Waals surface area contributed by atoms with E-state index in [4.69, 9.17) is 23.2 Å². The molecule has 14 heavy (non-hydrogen) atoms. The molecule has 0 nitrogen and oxygen atoms in total. The third kappa shape index (κ3) is 0.895. The van der Waals surface area contributed by atoms with Gasteiger partial charge < -0.3 is 0 Å². The van der Waals surface area contributed by atoms with E-state index in [1.165, 1.54) is 32.1 Å². The maximum absolute atomic E-state index is 6.66. The molecule has 0 aromatic heterocycles. The molecule has 3 aliphatic carbocycles. The van der Waals surface area contributed by atoms with Crippen LogP contribution in [0.4, 0.5) is 0 Å². The number of rotatable bonds is 0. The van der Waals surface area contributed by atoms with E-state index in [-0.39, 0.29) is 3.78 Å². The highest BCUT2D eigenvalue weighted by atomic mass is 79.9. The lowest BCUT2D eigenvalue weighted by atomic mass is 9.92. The van der Waals surface area contributed by atoms with E-state index in [9.17, 15) is 0 Å². The first-order valence-corrected chi connectivity index (χ1v) is 7.18. The van der Waals surface area contributed by atoms with E-state index in [1.807, 2.05) is 0 Å². The minimum atomic E-state index is -0.112. The molecule has 0 bridgehead atoms. The van der Waals surface area contributed by atoms with Crippen LogP contribution in [0.25, 0.3) is 0 Å². The van der Waals surface area contributed by atoms with Crippen LogP contribution in [-0.4, -0.2) is 9.16 Å². The highest BCUT2D eigenvalue weighted by Crippen LogP contribution is 2.89. The topological polar surface area (TPSA) is 0 Å². The fourth-order valence-electron chi connectivity index (χ4n) is 4.24. The minimum absolute atomic E-state index is 0.112. The number of hydrogen-bond donors (Lipinski definition) is 0. The second kappa shape index (κ2) is 2.84. The molecular formula is C11H15BrCl2. The molecule has 0 heterocycles. The molecule has 0 saturated heterocycles. The Bertz CT molecular complexity index is 254. The molecule has 2 unspecified atom stereocenters. The third-order valence-electron chi connectivity index (χ3n) is 4.90. The molecule has 3 heteroatoms. The van der Waals surface area contributed by atoms with Crippen LogP contribution >= 0.6 is 39.1 Å². The number of hydrogen-bond acceptors (Lipinski definition) is 0. The first kappa shape index (κ1) is 10.2. The van der Waals surface area contributed by atoms with Gasteiger partial charge in [-0.3, -0.25) is 0 Å². The van der Waals surface area contributed by atoms with Gasteiger partial charge in [-0.25, -0.2) is 0 Å². The van der Waals surface area contributed by atoms with Crippen LogP contribution in [0.2, 0.25) is 0 Å². The van der Waals surface area contributed by atoms with Crippen LogP contribution in [0.5, 0.6) is 0 Å². The van der Waals surface area contributed by atoms with Crippen molar-refractivity contribution in [3.63, 3.8) is 0 Å². The molecule has 0 radical (unpaired) electrons. The zero-order chi connectivity index (χ0) is 10.0. The molecule has 3 rings (SSSR count). The zero-order valence-electron chi connectivity index (χ0n) is 8.16. The van der Waals surface area contributed by atoms with Crippen molar-refractivity contribution in [1.29, 1.82) is 0 Å². The van der Waals surface area contributed by atoms with Crippen molar-refractivity contribution < 1.29 is 0 Å². The molecule has 0 aliphatic heterocycles. The maximum Gasteiger partial charge on any atom is 0.112 e. The molecule has 0 aromatic rings. The standard InChI is InChI=1S/C11H15BrCl2/c12-11(14)9-4-2-1-3-5-10(9,11)7-8(13)6-9/h8H,1-7H2. The zero-order valence-corrected chi connectivity index (χ0v) is 11.3. The SMILES string of the molecule is ClC1CC23CCCCCC2(C1)C3(Cl)Br. The van der Waals surface area contributed by atoms with Gasteiger partial charge in [0.1, 0.15) is 3.78 Å². The van der Waals surface area contributed by atoms with Gasteiger partial charge in [0.2, 0.25) is 0 Å². The van der Waals surface area contributed by atoms with Crippen LogP contribution < -0.4 is 0 Å². The summed E-state index contributed by atoms with van der Waals surface area (Å²) in [5, 5.41) is 0.373. The lowest BCUT2D eigenvalue weighted by molar-refractivity contribution is 0.367. The van der Waals surface area contributed by atoms with Crippen LogP contribution in [-0.2, 0) is 0 Å². The Kier molecular flexibility index (Phi) is 2.07. The minimum Gasteiger partial charge on any atom is -0.123 e. The number of alkyl halides is 3. The van der Waals surface area contributed by atoms with E-state index < -0.39 is 0 Å². The average molecular weight is 298 g/mol. The Morgan fingerprint density at radius 2 is 1.50 bits per heavy atom. The maximum atomic E-state index is 6.66. The van der Waals surface area contributed by atoms with Crippen molar-refractivity contribution >= 4 is 39.1 Å². The average Bonchev–Trinajstić information content (AvgIpc) is 2.35. The van der Waals surface area contributed by atoms with Gasteiger partial charge in [-0.2, -0.15) is 0 Å². The normalized spacial score (nSPS) is 61.5. The van der Waals surface area contributed by atoms with E-state index in [1.54, 1.807) is 0 Å². The van der Waals surface area contributed by atoms with Gasteiger partial charge in [-0.15, -0.1) is 23.2 Å². The Hall–Kier alpha value is 1.06. The summed E-state index contributed by atoms with van der Waals surface area (Å²) in [5.41, 5.74) is 0.676. The summed E-state index contributed by atoms with van der Waals surface area (Å²) in [6.07, 6.45) is 8.88. The molecule has 0 aromatic carbocycles. The molecule has 3 saturated carbocycles. The summed E-state index contributed by atoms with van der Waals surface area (Å²) in [5.74, 6) is 0. The van der Waals surface area contributed by atoms with Gasteiger partial charge in [0.05, 0.1) is 0 Å². The fraction of sp³-hybridized carbons (Fsp3) is 1.00. The Morgan fingerprint density at radius 1 is 1.00 bits per heavy atom. The molecule has 3 fully saturated rings. The van der Waals surface area contributed by atoms with Gasteiger partial charge >= 0.3 is 0 Å². The van der Waals surface area contributed by atoms with Gasteiger partial charge in [0.15, 0.2) is 0 Å². The van der Waals surface area contributed by atoms with Gasteiger partial charge in [0.25, 0.3) is 0 Å². The molecule has 0 N–H and O–H groups in total. The summed E-state index contributed by atoms with van der Waals surface area (Å²) in [7, 11) is 0. The lowest BCUT2D eigenvalue weighted by Gasteiger charge is -2.19. The first-order valence-electron chi connectivity index (χ1n) is 5.58. The molecule has 80 valence electrons. The van der Waals surface area contributed by atoms with Crippen LogP contribution in [0, 0.1) is 10.8 Å².